The lowest BCUT2D eigenvalue weighted by molar-refractivity contribution is 0.0984. The first-order chi connectivity index (χ1) is 11.9. The Bertz CT molecular complexity index is 1040. The highest BCUT2D eigenvalue weighted by Gasteiger charge is 2.26. The van der Waals surface area contributed by atoms with Gasteiger partial charge in [0.2, 0.25) is 5.76 Å². The van der Waals surface area contributed by atoms with Crippen molar-refractivity contribution in [3.63, 3.8) is 0 Å². The smallest absolute Gasteiger partial charge is 0.268 e. The molecule has 0 saturated carbocycles. The summed E-state index contributed by atoms with van der Waals surface area (Å²) in [5, 5.41) is 0.157. The van der Waals surface area contributed by atoms with E-state index < -0.39 is 10.0 Å². The highest BCUT2D eigenvalue weighted by Crippen LogP contribution is 2.37. The predicted octanol–water partition coefficient (Wildman–Crippen LogP) is 3.24. The lowest BCUT2D eigenvalue weighted by Crippen LogP contribution is -2.13. The van der Waals surface area contributed by atoms with Crippen LogP contribution in [0, 0.1) is 0 Å². The number of methoxy groups -OCH3 is 1. The minimum absolute atomic E-state index is 0.0115. The molecule has 0 aliphatic rings. The van der Waals surface area contributed by atoms with E-state index in [4.69, 9.17) is 20.8 Å². The van der Waals surface area contributed by atoms with Gasteiger partial charge < -0.3 is 9.15 Å². The average molecular weight is 381 g/mol. The van der Waals surface area contributed by atoms with Crippen molar-refractivity contribution < 1.29 is 22.4 Å². The number of nitrogens with zero attached hydrogens (tertiary/aromatic N) is 2. The number of carbonyl (C=O) groups excluding carboxylic acids is 1. The summed E-state index contributed by atoms with van der Waals surface area (Å²) in [7, 11) is -2.54. The van der Waals surface area contributed by atoms with E-state index in [1.54, 1.807) is 0 Å². The number of pyridine rings is 1. The summed E-state index contributed by atoms with van der Waals surface area (Å²) in [5.74, 6) is -0.0562. The molecular formula is C16H13ClN2O5S. The molecule has 0 fully saturated rings. The van der Waals surface area contributed by atoms with Crippen molar-refractivity contribution in [2.75, 3.05) is 7.11 Å². The van der Waals surface area contributed by atoms with Gasteiger partial charge in [-0.3, -0.25) is 9.78 Å². The molecule has 3 aromatic rings. The summed E-state index contributed by atoms with van der Waals surface area (Å²) in [6.07, 6.45) is 4.07. The summed E-state index contributed by atoms with van der Waals surface area (Å²) in [6.45, 7) is 1.32. The summed E-state index contributed by atoms with van der Waals surface area (Å²) in [4.78, 5) is 15.5. The summed E-state index contributed by atoms with van der Waals surface area (Å²) in [6, 6.07) is 5.60. The highest BCUT2D eigenvalue weighted by molar-refractivity contribution is 7.90. The number of furan rings is 1. The molecule has 0 N–H and O–H groups in total. The Morgan fingerprint density at radius 1 is 1.28 bits per heavy atom. The predicted molar refractivity (Wildman–Crippen MR) is 90.5 cm³/mol. The number of aromatic nitrogens is 2. The van der Waals surface area contributed by atoms with E-state index >= 15 is 0 Å². The van der Waals surface area contributed by atoms with Gasteiger partial charge in [-0.25, -0.2) is 12.4 Å². The number of hydrogen-bond acceptors (Lipinski definition) is 6. The van der Waals surface area contributed by atoms with E-state index in [9.17, 15) is 13.2 Å². The van der Waals surface area contributed by atoms with Crippen molar-refractivity contribution in [1.29, 1.82) is 0 Å². The Morgan fingerprint density at radius 2 is 1.96 bits per heavy atom. The number of carbonyl (C=O) groups is 1. The van der Waals surface area contributed by atoms with Crippen LogP contribution in [0.5, 0.6) is 5.75 Å². The first-order valence-corrected chi connectivity index (χ1v) is 8.89. The fraction of sp³-hybridized carbons (Fsp3) is 0.125. The molecule has 0 atom stereocenters. The maximum atomic E-state index is 12.9. The van der Waals surface area contributed by atoms with Crippen LogP contribution in [-0.4, -0.2) is 30.3 Å². The quantitative estimate of drug-likeness (QED) is 0.631. The fourth-order valence-corrected chi connectivity index (χ4v) is 3.96. The van der Waals surface area contributed by atoms with Crippen molar-refractivity contribution in [3.8, 4) is 17.2 Å². The second-order valence-electron chi connectivity index (χ2n) is 5.06. The maximum Gasteiger partial charge on any atom is 0.268 e. The normalized spacial score (nSPS) is 11.5. The monoisotopic (exact) mass is 380 g/mol. The van der Waals surface area contributed by atoms with Gasteiger partial charge in [-0.2, -0.15) is 0 Å². The zero-order valence-electron chi connectivity index (χ0n) is 13.3. The molecule has 0 unspecified atom stereocenters. The molecule has 0 aliphatic heterocycles. The Morgan fingerprint density at radius 3 is 2.52 bits per heavy atom. The van der Waals surface area contributed by atoms with Gasteiger partial charge >= 0.3 is 0 Å². The Hall–Kier alpha value is -2.58. The molecule has 25 heavy (non-hydrogen) atoms. The van der Waals surface area contributed by atoms with Crippen molar-refractivity contribution in [2.24, 2.45) is 0 Å². The van der Waals surface area contributed by atoms with E-state index in [-0.39, 0.29) is 38.7 Å². The van der Waals surface area contributed by atoms with Crippen molar-refractivity contribution in [1.82, 2.24) is 8.96 Å². The number of rotatable bonds is 5. The van der Waals surface area contributed by atoms with E-state index in [0.717, 1.165) is 3.97 Å². The molecule has 130 valence electrons. The van der Waals surface area contributed by atoms with Crippen molar-refractivity contribution >= 4 is 27.4 Å². The second-order valence-corrected chi connectivity index (χ2v) is 7.28. The van der Waals surface area contributed by atoms with E-state index in [1.165, 1.54) is 56.9 Å². The first kappa shape index (κ1) is 17.2. The van der Waals surface area contributed by atoms with Crippen LogP contribution in [0.1, 0.15) is 17.5 Å². The molecule has 9 heteroatoms. The summed E-state index contributed by atoms with van der Waals surface area (Å²) in [5.41, 5.74) is 0.101. The highest BCUT2D eigenvalue weighted by atomic mass is 35.5. The Balaban J connectivity index is 2.21. The minimum atomic E-state index is -3.92. The summed E-state index contributed by atoms with van der Waals surface area (Å²) >= 11 is 6.17. The van der Waals surface area contributed by atoms with Crippen LogP contribution in [0.4, 0.5) is 0 Å². The van der Waals surface area contributed by atoms with Crippen LogP contribution >= 0.6 is 11.6 Å². The van der Waals surface area contributed by atoms with Gasteiger partial charge in [0.25, 0.3) is 10.0 Å². The standard InChI is InChI=1S/C16H13ClN2O5S/c1-10(20)16-14(23-2)9-13(24-16)15-12(17)5-8-19(15)25(21,22)11-3-6-18-7-4-11/h3-9H,1-2H3. The zero-order valence-corrected chi connectivity index (χ0v) is 14.8. The van der Waals surface area contributed by atoms with Gasteiger partial charge in [0.1, 0.15) is 5.69 Å². The average Bonchev–Trinajstić information content (AvgIpc) is 3.19. The molecule has 0 amide bonds. The van der Waals surface area contributed by atoms with Gasteiger partial charge in [0.05, 0.1) is 17.0 Å². The molecule has 7 nitrogen and oxygen atoms in total. The van der Waals surface area contributed by atoms with Gasteiger partial charge in [0.15, 0.2) is 17.3 Å². The zero-order chi connectivity index (χ0) is 18.2. The molecule has 3 heterocycles. The minimum Gasteiger partial charge on any atom is -0.493 e. The third-order valence-electron chi connectivity index (χ3n) is 3.48. The number of halogens is 1. The lowest BCUT2D eigenvalue weighted by atomic mass is 10.3. The lowest BCUT2D eigenvalue weighted by Gasteiger charge is -2.09. The molecule has 3 rings (SSSR count). The number of Topliss-reactive ketones (excluding diaryl/α,β-unsaturated/α-hetero) is 1. The molecule has 0 aromatic carbocycles. The topological polar surface area (TPSA) is 91.4 Å². The Kier molecular flexibility index (Phi) is 4.40. The maximum absolute atomic E-state index is 12.9. The SMILES string of the molecule is COc1cc(-c2c(Cl)ccn2S(=O)(=O)c2ccncc2)oc1C(C)=O. The molecule has 0 saturated heterocycles. The van der Waals surface area contributed by atoms with Crippen LogP contribution in [0.25, 0.3) is 11.5 Å². The number of hydrogen-bond donors (Lipinski definition) is 0. The van der Waals surface area contributed by atoms with Crippen molar-refractivity contribution in [3.05, 3.63) is 53.6 Å². The number of ketones is 1. The first-order valence-electron chi connectivity index (χ1n) is 7.08. The van der Waals surface area contributed by atoms with E-state index in [1.807, 2.05) is 0 Å². The molecule has 3 aromatic heterocycles. The molecule has 0 spiro atoms. The van der Waals surface area contributed by atoms with Crippen LogP contribution < -0.4 is 4.74 Å². The van der Waals surface area contributed by atoms with Gasteiger partial charge in [0, 0.05) is 31.6 Å². The second kappa shape index (κ2) is 6.38. The van der Waals surface area contributed by atoms with Gasteiger partial charge in [-0.15, -0.1) is 0 Å². The number of ether oxygens (including phenoxy) is 1. The van der Waals surface area contributed by atoms with Crippen molar-refractivity contribution in [2.45, 2.75) is 11.8 Å². The van der Waals surface area contributed by atoms with Gasteiger partial charge in [-0.1, -0.05) is 11.6 Å². The van der Waals surface area contributed by atoms with Crippen LogP contribution in [0.3, 0.4) is 0 Å². The molecular weight excluding hydrogens is 368 g/mol. The molecule has 0 radical (unpaired) electrons. The largest absolute Gasteiger partial charge is 0.493 e. The van der Waals surface area contributed by atoms with Crippen LogP contribution in [-0.2, 0) is 10.0 Å². The third kappa shape index (κ3) is 2.94. The van der Waals surface area contributed by atoms with E-state index in [0.29, 0.717) is 0 Å². The van der Waals surface area contributed by atoms with Gasteiger partial charge in [-0.05, 0) is 18.2 Å². The van der Waals surface area contributed by atoms with Crippen LogP contribution in [0.2, 0.25) is 5.02 Å². The fourth-order valence-electron chi connectivity index (χ4n) is 2.33. The molecule has 0 bridgehead atoms. The van der Waals surface area contributed by atoms with E-state index in [2.05, 4.69) is 4.98 Å². The van der Waals surface area contributed by atoms with Crippen LogP contribution in [0.15, 0.2) is 52.2 Å². The third-order valence-corrected chi connectivity index (χ3v) is 5.48. The molecule has 0 aliphatic carbocycles. The Labute approximate surface area is 148 Å². The summed E-state index contributed by atoms with van der Waals surface area (Å²) < 4.78 is 37.4.